The molecule has 0 radical (unpaired) electrons. The third-order valence-electron chi connectivity index (χ3n) is 4.16. The minimum Gasteiger partial charge on any atom is -0.497 e. The number of ether oxygens (including phenoxy) is 2. The summed E-state index contributed by atoms with van der Waals surface area (Å²) in [6, 6.07) is 17.5. The Bertz CT molecular complexity index is 1270. The molecular weight excluding hydrogens is 440 g/mol. The molecule has 10 heteroatoms. The summed E-state index contributed by atoms with van der Waals surface area (Å²) in [6.07, 6.45) is 0.979. The lowest BCUT2D eigenvalue weighted by Gasteiger charge is -2.15. The van der Waals surface area contributed by atoms with Crippen LogP contribution in [0.1, 0.15) is 5.56 Å². The first-order valence-corrected chi connectivity index (χ1v) is 12.5. The molecule has 164 valence electrons. The molecule has 0 fully saturated rings. The van der Waals surface area contributed by atoms with Gasteiger partial charge in [-0.15, -0.1) is 0 Å². The van der Waals surface area contributed by atoms with Crippen molar-refractivity contribution in [1.82, 2.24) is 0 Å². The van der Waals surface area contributed by atoms with Gasteiger partial charge in [-0.3, -0.25) is 9.44 Å². The lowest BCUT2D eigenvalue weighted by molar-refractivity contribution is 0.413. The number of aryl methyl sites for hydroxylation is 1. The lowest BCUT2D eigenvalue weighted by Crippen LogP contribution is -2.16. The number of methoxy groups -OCH3 is 1. The second-order valence-corrected chi connectivity index (χ2v) is 10.2. The Labute approximate surface area is 181 Å². The summed E-state index contributed by atoms with van der Waals surface area (Å²) in [7, 11) is -6.06. The Hall–Kier alpha value is -3.24. The van der Waals surface area contributed by atoms with Crippen LogP contribution in [0.15, 0.2) is 71.6 Å². The van der Waals surface area contributed by atoms with Crippen LogP contribution in [0.3, 0.4) is 0 Å². The number of hydrogen-bond donors (Lipinski definition) is 2. The van der Waals surface area contributed by atoms with Gasteiger partial charge in [0.2, 0.25) is 10.0 Å². The van der Waals surface area contributed by atoms with Crippen molar-refractivity contribution in [2.45, 2.75) is 11.8 Å². The van der Waals surface area contributed by atoms with Crippen molar-refractivity contribution in [1.29, 1.82) is 0 Å². The highest BCUT2D eigenvalue weighted by Crippen LogP contribution is 2.32. The Balaban J connectivity index is 1.95. The maximum absolute atomic E-state index is 12.8. The molecule has 0 spiro atoms. The van der Waals surface area contributed by atoms with Crippen LogP contribution in [0.4, 0.5) is 11.4 Å². The van der Waals surface area contributed by atoms with Crippen LogP contribution in [-0.4, -0.2) is 30.2 Å². The van der Waals surface area contributed by atoms with E-state index in [4.69, 9.17) is 9.47 Å². The number of nitrogens with one attached hydrogen (secondary N) is 2. The summed E-state index contributed by atoms with van der Waals surface area (Å²) >= 11 is 0. The molecule has 0 aliphatic heterocycles. The molecule has 0 saturated carbocycles. The van der Waals surface area contributed by atoms with Crippen molar-refractivity contribution in [3.63, 3.8) is 0 Å². The molecule has 31 heavy (non-hydrogen) atoms. The molecule has 0 bridgehead atoms. The average Bonchev–Trinajstić information content (AvgIpc) is 2.70. The summed E-state index contributed by atoms with van der Waals surface area (Å²) in [4.78, 5) is 0.0462. The van der Waals surface area contributed by atoms with E-state index in [0.717, 1.165) is 11.8 Å². The molecule has 2 N–H and O–H groups in total. The second kappa shape index (κ2) is 8.86. The molecule has 0 atom stereocenters. The molecule has 0 unspecified atom stereocenters. The SMILES string of the molecule is COc1ccc(Oc2ccc(NS(C)(=O)=O)c(NS(=O)(=O)c3ccc(C)cc3)c2)cc1. The van der Waals surface area contributed by atoms with Crippen LogP contribution in [-0.2, 0) is 20.0 Å². The highest BCUT2D eigenvalue weighted by molar-refractivity contribution is 7.93. The summed E-state index contributed by atoms with van der Waals surface area (Å²) in [6.45, 7) is 1.85. The third kappa shape index (κ3) is 6.12. The maximum atomic E-state index is 12.8. The summed E-state index contributed by atoms with van der Waals surface area (Å²) in [5.74, 6) is 1.47. The van der Waals surface area contributed by atoms with E-state index in [1.807, 2.05) is 6.92 Å². The summed E-state index contributed by atoms with van der Waals surface area (Å²) in [5.41, 5.74) is 1.01. The van der Waals surface area contributed by atoms with Gasteiger partial charge in [0.1, 0.15) is 17.2 Å². The number of rotatable bonds is 8. The van der Waals surface area contributed by atoms with Crippen molar-refractivity contribution in [2.24, 2.45) is 0 Å². The van der Waals surface area contributed by atoms with Gasteiger partial charge in [-0.1, -0.05) is 17.7 Å². The molecule has 0 saturated heterocycles. The fraction of sp³-hybridized carbons (Fsp3) is 0.143. The van der Waals surface area contributed by atoms with Crippen LogP contribution >= 0.6 is 0 Å². The smallest absolute Gasteiger partial charge is 0.261 e. The molecule has 0 amide bonds. The highest BCUT2D eigenvalue weighted by Gasteiger charge is 2.18. The van der Waals surface area contributed by atoms with Crippen molar-refractivity contribution >= 4 is 31.4 Å². The monoisotopic (exact) mass is 462 g/mol. The molecule has 0 aliphatic rings. The first-order chi connectivity index (χ1) is 14.6. The van der Waals surface area contributed by atoms with E-state index in [9.17, 15) is 16.8 Å². The lowest BCUT2D eigenvalue weighted by atomic mass is 10.2. The van der Waals surface area contributed by atoms with E-state index in [2.05, 4.69) is 9.44 Å². The van der Waals surface area contributed by atoms with E-state index in [-0.39, 0.29) is 16.3 Å². The summed E-state index contributed by atoms with van der Waals surface area (Å²) < 4.78 is 64.7. The number of anilines is 2. The van der Waals surface area contributed by atoms with E-state index >= 15 is 0 Å². The zero-order chi connectivity index (χ0) is 22.6. The normalized spacial score (nSPS) is 11.6. The topological polar surface area (TPSA) is 111 Å². The van der Waals surface area contributed by atoms with Crippen LogP contribution in [0, 0.1) is 6.92 Å². The maximum Gasteiger partial charge on any atom is 0.261 e. The molecule has 3 rings (SSSR count). The largest absolute Gasteiger partial charge is 0.497 e. The molecule has 0 aromatic heterocycles. The minimum atomic E-state index is -3.96. The van der Waals surface area contributed by atoms with Gasteiger partial charge in [0.15, 0.2) is 0 Å². The number of benzene rings is 3. The van der Waals surface area contributed by atoms with Crippen LogP contribution < -0.4 is 18.9 Å². The van der Waals surface area contributed by atoms with E-state index < -0.39 is 20.0 Å². The van der Waals surface area contributed by atoms with Crippen LogP contribution in [0.2, 0.25) is 0 Å². The highest BCUT2D eigenvalue weighted by atomic mass is 32.2. The summed E-state index contributed by atoms with van der Waals surface area (Å²) in [5, 5.41) is 0. The van der Waals surface area contributed by atoms with Crippen molar-refractivity contribution in [3.8, 4) is 17.2 Å². The van der Waals surface area contributed by atoms with Gasteiger partial charge in [0, 0.05) is 6.07 Å². The predicted molar refractivity (Wildman–Crippen MR) is 120 cm³/mol. The second-order valence-electron chi connectivity index (χ2n) is 6.78. The van der Waals surface area contributed by atoms with Crippen LogP contribution in [0.5, 0.6) is 17.2 Å². The van der Waals surface area contributed by atoms with Crippen molar-refractivity contribution < 1.29 is 26.3 Å². The van der Waals surface area contributed by atoms with E-state index in [1.165, 1.54) is 30.3 Å². The van der Waals surface area contributed by atoms with E-state index in [0.29, 0.717) is 17.2 Å². The molecule has 8 nitrogen and oxygen atoms in total. The molecular formula is C21H22N2O6S2. The van der Waals surface area contributed by atoms with Crippen LogP contribution in [0.25, 0.3) is 0 Å². The average molecular weight is 463 g/mol. The Morgan fingerprint density at radius 1 is 0.710 bits per heavy atom. The first kappa shape index (κ1) is 22.4. The fourth-order valence-corrected chi connectivity index (χ4v) is 4.31. The van der Waals surface area contributed by atoms with Gasteiger partial charge in [-0.25, -0.2) is 16.8 Å². The first-order valence-electron chi connectivity index (χ1n) is 9.09. The van der Waals surface area contributed by atoms with Crippen molar-refractivity contribution in [2.75, 3.05) is 22.8 Å². The standard InChI is InChI=1S/C21H22N2O6S2/c1-15-4-11-19(12-5-15)31(26,27)23-21-14-18(10-13-20(21)22-30(3,24)25)29-17-8-6-16(28-2)7-9-17/h4-14,22-23H,1-3H3. The quantitative estimate of drug-likeness (QED) is 0.524. The zero-order valence-electron chi connectivity index (χ0n) is 17.1. The minimum absolute atomic E-state index is 0.0250. The van der Waals surface area contributed by atoms with Gasteiger partial charge in [0.25, 0.3) is 10.0 Å². The molecule has 0 heterocycles. The van der Waals surface area contributed by atoms with Gasteiger partial charge < -0.3 is 9.47 Å². The Kier molecular flexibility index (Phi) is 6.42. The fourth-order valence-electron chi connectivity index (χ4n) is 2.66. The zero-order valence-corrected chi connectivity index (χ0v) is 18.7. The predicted octanol–water partition coefficient (Wildman–Crippen LogP) is 3.97. The molecule has 0 aliphatic carbocycles. The Morgan fingerprint density at radius 3 is 1.87 bits per heavy atom. The number of sulfonamides is 2. The Morgan fingerprint density at radius 2 is 1.29 bits per heavy atom. The number of hydrogen-bond acceptors (Lipinski definition) is 6. The van der Waals surface area contributed by atoms with E-state index in [1.54, 1.807) is 43.5 Å². The van der Waals surface area contributed by atoms with Gasteiger partial charge in [0.05, 0.1) is 29.6 Å². The van der Waals surface area contributed by atoms with Gasteiger partial charge in [-0.05, 0) is 55.5 Å². The third-order valence-corrected chi connectivity index (χ3v) is 6.13. The van der Waals surface area contributed by atoms with Crippen molar-refractivity contribution in [3.05, 3.63) is 72.3 Å². The molecule has 3 aromatic rings. The molecule has 3 aromatic carbocycles. The van der Waals surface area contributed by atoms with Gasteiger partial charge >= 0.3 is 0 Å². The van der Waals surface area contributed by atoms with Gasteiger partial charge in [-0.2, -0.15) is 0 Å².